The van der Waals surface area contributed by atoms with Gasteiger partial charge in [-0.2, -0.15) is 9.97 Å². The number of fused-ring (bicyclic) bond motifs is 1. The summed E-state index contributed by atoms with van der Waals surface area (Å²) in [6.07, 6.45) is -3.31. The monoisotopic (exact) mass is 828 g/mol. The summed E-state index contributed by atoms with van der Waals surface area (Å²) in [4.78, 5) is 29.1. The van der Waals surface area contributed by atoms with E-state index in [1.54, 1.807) is 48.5 Å². The summed E-state index contributed by atoms with van der Waals surface area (Å²) >= 11 is 0. The molecule has 0 saturated carbocycles. The van der Waals surface area contributed by atoms with E-state index in [4.69, 9.17) is 24.4 Å². The number of rotatable bonds is 12. The van der Waals surface area contributed by atoms with Crippen molar-refractivity contribution in [3.05, 3.63) is 108 Å². The predicted octanol–water partition coefficient (Wildman–Crippen LogP) is 2.00. The van der Waals surface area contributed by atoms with Gasteiger partial charge in [-0.3, -0.25) is 4.57 Å². The minimum absolute atomic E-state index is 0.104. The van der Waals surface area contributed by atoms with Gasteiger partial charge in [0, 0.05) is 43.3 Å². The van der Waals surface area contributed by atoms with Gasteiger partial charge >= 0.3 is 6.03 Å². The van der Waals surface area contributed by atoms with Crippen molar-refractivity contribution >= 4 is 44.7 Å². The smallest absolute Gasteiger partial charge is 0.319 e. The molecule has 21 heteroatoms. The van der Waals surface area contributed by atoms with Crippen LogP contribution >= 0.6 is 0 Å². The van der Waals surface area contributed by atoms with Crippen LogP contribution < -0.4 is 26.0 Å². The SMILES string of the molecule is NS(=O)(=O)c1cccc(NC(=O)NC2CCN(c3nc(NCC(c4ccc(O)cc4)c4ccc(O)cc4)c4ncn([C@@H]5O[C@H](c6cc(CO)no6)[C@@H](O)[C@H]5O)c4n3)C2)c1. The molecule has 2 saturated heterocycles. The van der Waals surface area contributed by atoms with Crippen LogP contribution in [0.25, 0.3) is 11.2 Å². The molecule has 2 aliphatic heterocycles. The Labute approximate surface area is 336 Å². The highest BCUT2D eigenvalue weighted by Crippen LogP contribution is 2.41. The van der Waals surface area contributed by atoms with Crippen LogP contribution in [0, 0.1) is 0 Å². The number of aromatic nitrogens is 5. The van der Waals surface area contributed by atoms with Crippen LogP contribution in [0.15, 0.2) is 94.6 Å². The lowest BCUT2D eigenvalue weighted by Gasteiger charge is -2.22. The number of hydrogen-bond acceptors (Lipinski definition) is 16. The summed E-state index contributed by atoms with van der Waals surface area (Å²) < 4.78 is 36.5. The topological polar surface area (TPSA) is 297 Å². The molecule has 0 radical (unpaired) electrons. The zero-order valence-electron chi connectivity index (χ0n) is 31.0. The van der Waals surface area contributed by atoms with Gasteiger partial charge in [0.2, 0.25) is 16.0 Å². The molecule has 2 aliphatic rings. The maximum Gasteiger partial charge on any atom is 0.319 e. The number of aliphatic hydroxyl groups excluding tert-OH is 3. The number of benzene rings is 3. The number of primary sulfonamides is 1. The van der Waals surface area contributed by atoms with Crippen LogP contribution in [0.3, 0.4) is 0 Å². The van der Waals surface area contributed by atoms with E-state index in [0.717, 1.165) is 11.1 Å². The van der Waals surface area contributed by atoms with Crippen molar-refractivity contribution in [2.45, 2.75) is 54.4 Å². The number of aliphatic hydroxyl groups is 3. The zero-order valence-corrected chi connectivity index (χ0v) is 31.8. The number of ether oxygens (including phenoxy) is 1. The van der Waals surface area contributed by atoms with Gasteiger partial charge in [-0.25, -0.2) is 23.3 Å². The molecule has 6 aromatic rings. The molecule has 5 atom stereocenters. The van der Waals surface area contributed by atoms with Gasteiger partial charge in [0.15, 0.2) is 29.0 Å². The van der Waals surface area contributed by atoms with Gasteiger partial charge in [0.05, 0.1) is 17.8 Å². The highest BCUT2D eigenvalue weighted by Gasteiger charge is 2.47. The van der Waals surface area contributed by atoms with Crippen LogP contribution in [0.5, 0.6) is 11.5 Å². The van der Waals surface area contributed by atoms with Crippen molar-refractivity contribution in [3.63, 3.8) is 0 Å². The summed E-state index contributed by atoms with van der Waals surface area (Å²) in [5.74, 6) is 0.598. The standard InChI is InChI=1S/C38H40N10O10S/c39-59(55,56)27-3-1-2-22(14-27)42-38(54)43-23-12-13-47(17-23)37-44-34(40-16-28(20-4-8-25(50)9-5-20)21-6-10-26(51)11-7-21)30-35(45-37)48(19-41-30)36-32(53)31(52)33(57-36)29-15-24(18-49)46-58-29/h1-11,14-15,19,23,28,31-33,36,49-53H,12-13,16-18H2,(H2,39,55,56)(H,40,44,45)(H2,42,43,54)/t23?,31-,32+,33+,36+/m0/s1. The van der Waals surface area contributed by atoms with Crippen LogP contribution in [-0.4, -0.2) is 103 Å². The molecule has 20 nitrogen and oxygen atoms in total. The largest absolute Gasteiger partial charge is 0.508 e. The molecule has 3 aromatic carbocycles. The van der Waals surface area contributed by atoms with E-state index < -0.39 is 47.2 Å². The number of carbonyl (C=O) groups excluding carboxylic acids is 1. The second-order valence-electron chi connectivity index (χ2n) is 14.2. The van der Waals surface area contributed by atoms with Crippen molar-refractivity contribution in [1.82, 2.24) is 30.0 Å². The average molecular weight is 829 g/mol. The number of anilines is 3. The van der Waals surface area contributed by atoms with Gasteiger partial charge in [-0.1, -0.05) is 35.5 Å². The lowest BCUT2D eigenvalue weighted by Crippen LogP contribution is -2.40. The number of imidazole rings is 1. The third-order valence-corrected chi connectivity index (χ3v) is 11.1. The molecular formula is C38H40N10O10S. The fourth-order valence-electron chi connectivity index (χ4n) is 7.22. The second-order valence-corrected chi connectivity index (χ2v) is 15.8. The lowest BCUT2D eigenvalue weighted by atomic mass is 9.91. The Hall–Kier alpha value is -6.36. The van der Waals surface area contributed by atoms with E-state index in [9.17, 15) is 38.7 Å². The molecule has 0 spiro atoms. The molecule has 2 fully saturated rings. The number of phenols is 2. The first kappa shape index (κ1) is 39.5. The summed E-state index contributed by atoms with van der Waals surface area (Å²) in [7, 11) is -3.98. The zero-order chi connectivity index (χ0) is 41.4. The maximum absolute atomic E-state index is 13.0. The van der Waals surface area contributed by atoms with Crippen molar-refractivity contribution in [1.29, 1.82) is 0 Å². The number of aromatic hydroxyl groups is 2. The number of amides is 2. The normalized spacial score (nSPS) is 20.7. The lowest BCUT2D eigenvalue weighted by molar-refractivity contribution is -0.0434. The fraction of sp³-hybridized carbons (Fsp3) is 0.289. The molecule has 0 bridgehead atoms. The number of nitrogens with one attached hydrogen (secondary N) is 3. The average Bonchev–Trinajstić information content (AvgIpc) is 4.03. The number of sulfonamides is 1. The Balaban J connectivity index is 1.09. The van der Waals surface area contributed by atoms with Gasteiger partial charge in [0.25, 0.3) is 0 Å². The van der Waals surface area contributed by atoms with Gasteiger partial charge in [0.1, 0.15) is 35.5 Å². The first-order valence-corrected chi connectivity index (χ1v) is 20.0. The quantitative estimate of drug-likeness (QED) is 0.0852. The maximum atomic E-state index is 13.0. The number of phenolic OH excluding ortho intramolecular Hbond substituents is 2. The van der Waals surface area contributed by atoms with Gasteiger partial charge in [-0.15, -0.1) is 0 Å². The van der Waals surface area contributed by atoms with Crippen molar-refractivity contribution in [3.8, 4) is 11.5 Å². The molecule has 10 N–H and O–H groups in total. The second kappa shape index (κ2) is 16.1. The van der Waals surface area contributed by atoms with E-state index in [2.05, 4.69) is 26.1 Å². The number of hydrogen-bond donors (Lipinski definition) is 9. The summed E-state index contributed by atoms with van der Waals surface area (Å²) in [5.41, 5.74) is 2.74. The van der Waals surface area contributed by atoms with Crippen LogP contribution in [-0.2, 0) is 21.4 Å². The van der Waals surface area contributed by atoms with Crippen LogP contribution in [0.2, 0.25) is 0 Å². The van der Waals surface area contributed by atoms with E-state index in [1.807, 2.05) is 4.90 Å². The Morgan fingerprint density at radius 2 is 1.68 bits per heavy atom. The Morgan fingerprint density at radius 3 is 2.34 bits per heavy atom. The summed E-state index contributed by atoms with van der Waals surface area (Å²) in [5, 5.41) is 69.7. The summed E-state index contributed by atoms with van der Waals surface area (Å²) in [6.45, 7) is 0.589. The summed E-state index contributed by atoms with van der Waals surface area (Å²) in [6, 6.07) is 19.6. The third-order valence-electron chi connectivity index (χ3n) is 10.2. The van der Waals surface area contributed by atoms with Crippen molar-refractivity contribution in [2.24, 2.45) is 5.14 Å². The van der Waals surface area contributed by atoms with E-state index in [0.29, 0.717) is 24.3 Å². The predicted molar refractivity (Wildman–Crippen MR) is 210 cm³/mol. The highest BCUT2D eigenvalue weighted by molar-refractivity contribution is 7.89. The van der Waals surface area contributed by atoms with E-state index in [-0.39, 0.29) is 70.2 Å². The number of carbonyl (C=O) groups is 1. The van der Waals surface area contributed by atoms with Crippen LogP contribution in [0.1, 0.15) is 47.3 Å². The first-order valence-electron chi connectivity index (χ1n) is 18.4. The minimum atomic E-state index is -3.98. The van der Waals surface area contributed by atoms with Crippen molar-refractivity contribution in [2.75, 3.05) is 35.2 Å². The Kier molecular flexibility index (Phi) is 10.8. The molecule has 2 amide bonds. The molecule has 0 aliphatic carbocycles. The molecule has 8 rings (SSSR count). The molecule has 5 heterocycles. The molecule has 308 valence electrons. The van der Waals surface area contributed by atoms with Crippen molar-refractivity contribution < 1.29 is 48.0 Å². The fourth-order valence-corrected chi connectivity index (χ4v) is 7.78. The minimum Gasteiger partial charge on any atom is -0.508 e. The van der Waals surface area contributed by atoms with Gasteiger partial charge < -0.3 is 55.6 Å². The molecule has 3 aromatic heterocycles. The molecular weight excluding hydrogens is 789 g/mol. The van der Waals surface area contributed by atoms with E-state index in [1.165, 1.54) is 41.2 Å². The number of nitrogens with two attached hydrogens (primary N) is 1. The Morgan fingerprint density at radius 1 is 0.966 bits per heavy atom. The number of nitrogens with zero attached hydrogens (tertiary/aromatic N) is 6. The molecule has 1 unspecified atom stereocenters. The number of urea groups is 1. The Bertz CT molecular complexity index is 2520. The highest BCUT2D eigenvalue weighted by atomic mass is 32.2. The van der Waals surface area contributed by atoms with Crippen LogP contribution in [0.4, 0.5) is 22.2 Å². The van der Waals surface area contributed by atoms with Gasteiger partial charge in [-0.05, 0) is 60.0 Å². The third kappa shape index (κ3) is 8.32. The first-order chi connectivity index (χ1) is 28.3. The van der Waals surface area contributed by atoms with E-state index >= 15 is 0 Å². The molecule has 59 heavy (non-hydrogen) atoms.